The van der Waals surface area contributed by atoms with Gasteiger partial charge in [0.25, 0.3) is 0 Å². The lowest BCUT2D eigenvalue weighted by Crippen LogP contribution is -2.26. The molecular weight excluding hydrogens is 171 g/mol. The highest BCUT2D eigenvalue weighted by atomic mass is 19.1. The molecule has 1 rings (SSSR count). The summed E-state index contributed by atoms with van der Waals surface area (Å²) in [6, 6.07) is 0. The van der Waals surface area contributed by atoms with Gasteiger partial charge in [-0.25, -0.2) is 4.39 Å². The predicted molar refractivity (Wildman–Crippen MR) is 49.2 cm³/mol. The lowest BCUT2D eigenvalue weighted by molar-refractivity contribution is 0.668. The van der Waals surface area contributed by atoms with Gasteiger partial charge >= 0.3 is 0 Å². The highest BCUT2D eigenvalue weighted by molar-refractivity contribution is 5.93. The van der Waals surface area contributed by atoms with Crippen molar-refractivity contribution in [2.24, 2.45) is 0 Å². The summed E-state index contributed by atoms with van der Waals surface area (Å²) in [4.78, 5) is 0. The van der Waals surface area contributed by atoms with Crippen LogP contribution in [0.4, 0.5) is 4.39 Å². The van der Waals surface area contributed by atoms with Gasteiger partial charge in [0.1, 0.15) is 0 Å². The summed E-state index contributed by atoms with van der Waals surface area (Å²) in [5.41, 5.74) is 6.06. The van der Waals surface area contributed by atoms with Crippen molar-refractivity contribution in [2.75, 3.05) is 0 Å². The van der Waals surface area contributed by atoms with E-state index in [9.17, 15) is 4.39 Å². The third-order valence-corrected chi connectivity index (χ3v) is 1.38. The van der Waals surface area contributed by atoms with Crippen LogP contribution in [0, 0.1) is 5.41 Å². The molecule has 4 N–H and O–H groups in total. The molecule has 0 radical (unpaired) electrons. The summed E-state index contributed by atoms with van der Waals surface area (Å²) in [7, 11) is 0. The van der Waals surface area contributed by atoms with Crippen LogP contribution in [-0.4, -0.2) is 5.71 Å². The van der Waals surface area contributed by atoms with Crippen molar-refractivity contribution >= 4 is 5.71 Å². The van der Waals surface area contributed by atoms with Crippen molar-refractivity contribution in [1.82, 2.24) is 16.2 Å². The maximum absolute atomic E-state index is 12.8. The highest BCUT2D eigenvalue weighted by Crippen LogP contribution is 1.98. The molecule has 0 aromatic carbocycles. The zero-order valence-electron chi connectivity index (χ0n) is 7.19. The van der Waals surface area contributed by atoms with Gasteiger partial charge in [-0.05, 0) is 13.0 Å². The Bertz CT molecular complexity index is 291. The van der Waals surface area contributed by atoms with Gasteiger partial charge in [0.05, 0.1) is 11.4 Å². The first kappa shape index (κ1) is 9.31. The monoisotopic (exact) mass is 182 g/mol. The predicted octanol–water partition coefficient (Wildman–Crippen LogP) is 0.889. The molecule has 0 unspecified atom stereocenters. The van der Waals surface area contributed by atoms with Gasteiger partial charge in [0.2, 0.25) is 0 Å². The lowest BCUT2D eigenvalue weighted by Gasteiger charge is -2.09. The minimum atomic E-state index is -0.576. The Morgan fingerprint density at radius 1 is 1.62 bits per heavy atom. The summed E-state index contributed by atoms with van der Waals surface area (Å²) >= 11 is 0. The van der Waals surface area contributed by atoms with Gasteiger partial charge in [-0.1, -0.05) is 0 Å². The molecule has 0 aromatic rings. The molecule has 70 valence electrons. The third kappa shape index (κ3) is 2.98. The normalized spacial score (nSPS) is 15.5. The Morgan fingerprint density at radius 3 is 2.92 bits per heavy atom. The van der Waals surface area contributed by atoms with Crippen LogP contribution in [0.5, 0.6) is 0 Å². The fourth-order valence-electron chi connectivity index (χ4n) is 0.692. The minimum Gasteiger partial charge on any atom is -0.358 e. The van der Waals surface area contributed by atoms with Gasteiger partial charge in [-0.3, -0.25) is 0 Å². The molecule has 1 heterocycles. The Morgan fingerprint density at radius 2 is 2.38 bits per heavy atom. The maximum Gasteiger partial charge on any atom is 0.159 e. The lowest BCUT2D eigenvalue weighted by atomic mass is 10.3. The minimum absolute atomic E-state index is 0.0982. The smallest absolute Gasteiger partial charge is 0.159 e. The van der Waals surface area contributed by atoms with Crippen LogP contribution in [0.25, 0.3) is 0 Å². The summed E-state index contributed by atoms with van der Waals surface area (Å²) in [6.07, 6.45) is 6.19. The molecule has 5 heteroatoms. The van der Waals surface area contributed by atoms with Crippen molar-refractivity contribution in [3.63, 3.8) is 0 Å². The first-order valence-corrected chi connectivity index (χ1v) is 3.75. The summed E-state index contributed by atoms with van der Waals surface area (Å²) < 4.78 is 12.8. The fraction of sp³-hybridized carbons (Fsp3) is 0.125. The molecule has 4 nitrogen and oxygen atoms in total. The summed E-state index contributed by atoms with van der Waals surface area (Å²) in [5, 5.41) is 9.67. The second-order valence-corrected chi connectivity index (χ2v) is 2.48. The molecule has 0 spiro atoms. The number of hydrogen-bond donors (Lipinski definition) is 4. The van der Waals surface area contributed by atoms with E-state index >= 15 is 0 Å². The number of rotatable bonds is 3. The molecule has 0 amide bonds. The zero-order chi connectivity index (χ0) is 9.68. The fourth-order valence-corrected chi connectivity index (χ4v) is 0.692. The van der Waals surface area contributed by atoms with Gasteiger partial charge in [0.15, 0.2) is 5.83 Å². The third-order valence-electron chi connectivity index (χ3n) is 1.38. The maximum atomic E-state index is 12.8. The van der Waals surface area contributed by atoms with Gasteiger partial charge in [0, 0.05) is 18.6 Å². The van der Waals surface area contributed by atoms with E-state index in [1.807, 2.05) is 0 Å². The van der Waals surface area contributed by atoms with Crippen LogP contribution in [0.15, 0.2) is 36.2 Å². The van der Waals surface area contributed by atoms with E-state index in [2.05, 4.69) is 16.2 Å². The SMILES string of the molecule is CC(=N)/C(F)=C\NC1=CNNC=C1. The van der Waals surface area contributed by atoms with Crippen LogP contribution in [0.3, 0.4) is 0 Å². The van der Waals surface area contributed by atoms with Crippen LogP contribution in [0.1, 0.15) is 6.92 Å². The van der Waals surface area contributed by atoms with E-state index in [0.717, 1.165) is 11.9 Å². The van der Waals surface area contributed by atoms with E-state index in [0.29, 0.717) is 0 Å². The van der Waals surface area contributed by atoms with Crippen LogP contribution in [0.2, 0.25) is 0 Å². The number of halogens is 1. The molecule has 0 bridgehead atoms. The van der Waals surface area contributed by atoms with E-state index < -0.39 is 5.83 Å². The molecule has 0 atom stereocenters. The largest absolute Gasteiger partial charge is 0.358 e. The van der Waals surface area contributed by atoms with Crippen LogP contribution in [-0.2, 0) is 0 Å². The van der Waals surface area contributed by atoms with Gasteiger partial charge in [-0.2, -0.15) is 0 Å². The molecule has 1 aliphatic heterocycles. The second-order valence-electron chi connectivity index (χ2n) is 2.48. The van der Waals surface area contributed by atoms with Crippen molar-refractivity contribution in [2.45, 2.75) is 6.92 Å². The average Bonchev–Trinajstić information content (AvgIpc) is 2.15. The Hall–Kier alpha value is -1.78. The Labute approximate surface area is 75.7 Å². The standard InChI is InChI=1S/C8H11FN4/c1-6(10)8(9)5-11-7-2-3-12-13-4-7/h2-5,10-13H,1H3/b8-5+,10-6?. The molecule has 0 aliphatic carbocycles. The molecule has 0 aromatic heterocycles. The Kier molecular flexibility index (Phi) is 3.08. The number of allylic oxidation sites excluding steroid dienone is 2. The van der Waals surface area contributed by atoms with Crippen molar-refractivity contribution in [3.8, 4) is 0 Å². The molecule has 13 heavy (non-hydrogen) atoms. The number of hydrogen-bond acceptors (Lipinski definition) is 4. The van der Waals surface area contributed by atoms with Crippen LogP contribution >= 0.6 is 0 Å². The first-order chi connectivity index (χ1) is 6.20. The molecule has 1 aliphatic rings. The molecule has 0 fully saturated rings. The molecule has 0 saturated heterocycles. The molecule has 0 saturated carbocycles. The Balaban J connectivity index is 2.50. The summed E-state index contributed by atoms with van der Waals surface area (Å²) in [5.74, 6) is -0.576. The zero-order valence-corrected chi connectivity index (χ0v) is 7.19. The van der Waals surface area contributed by atoms with Gasteiger partial charge < -0.3 is 21.6 Å². The van der Waals surface area contributed by atoms with Crippen molar-refractivity contribution in [3.05, 3.63) is 36.2 Å². The topological polar surface area (TPSA) is 59.9 Å². The number of nitrogens with one attached hydrogen (secondary N) is 4. The quantitative estimate of drug-likeness (QED) is 0.490. The first-order valence-electron chi connectivity index (χ1n) is 3.75. The van der Waals surface area contributed by atoms with E-state index in [-0.39, 0.29) is 5.71 Å². The van der Waals surface area contributed by atoms with E-state index in [1.54, 1.807) is 18.5 Å². The average molecular weight is 182 g/mol. The van der Waals surface area contributed by atoms with E-state index in [1.165, 1.54) is 6.92 Å². The van der Waals surface area contributed by atoms with E-state index in [4.69, 9.17) is 5.41 Å². The second kappa shape index (κ2) is 4.30. The molecular formula is C8H11FN4. The van der Waals surface area contributed by atoms with Crippen molar-refractivity contribution in [1.29, 1.82) is 5.41 Å². The highest BCUT2D eigenvalue weighted by Gasteiger charge is 1.97. The van der Waals surface area contributed by atoms with Gasteiger partial charge in [-0.15, -0.1) is 0 Å². The number of hydrazine groups is 1. The van der Waals surface area contributed by atoms with Crippen molar-refractivity contribution < 1.29 is 4.39 Å². The summed E-state index contributed by atoms with van der Waals surface area (Å²) in [6.45, 7) is 1.39. The van der Waals surface area contributed by atoms with Crippen LogP contribution < -0.4 is 16.2 Å².